The van der Waals surface area contributed by atoms with Gasteiger partial charge in [-0.2, -0.15) is 0 Å². The van der Waals surface area contributed by atoms with Crippen LogP contribution in [0.1, 0.15) is 33.1 Å². The van der Waals surface area contributed by atoms with Crippen LogP contribution in [0.2, 0.25) is 0 Å². The SMILES string of the molecule is CC1CC[N+](C)(CC(C)OC(=O)CC[N+](C)(C)C)CC1.[I-].[I-]. The second-order valence-corrected chi connectivity index (χ2v) is 8.00. The van der Waals surface area contributed by atoms with Crippen molar-refractivity contribution >= 4 is 5.97 Å². The third-order valence-corrected chi connectivity index (χ3v) is 4.34. The first kappa shape index (κ1) is 25.1. The first-order valence-electron chi connectivity index (χ1n) is 7.93. The highest BCUT2D eigenvalue weighted by molar-refractivity contribution is 5.69. The molecule has 1 aliphatic heterocycles. The van der Waals surface area contributed by atoms with Crippen molar-refractivity contribution in [2.75, 3.05) is 54.4 Å². The molecule has 6 heteroatoms. The van der Waals surface area contributed by atoms with E-state index in [-0.39, 0.29) is 60.0 Å². The van der Waals surface area contributed by atoms with Gasteiger partial charge in [-0.3, -0.25) is 4.79 Å². The topological polar surface area (TPSA) is 26.3 Å². The van der Waals surface area contributed by atoms with Gasteiger partial charge in [-0.25, -0.2) is 0 Å². The second kappa shape index (κ2) is 10.7. The van der Waals surface area contributed by atoms with Gasteiger partial charge in [-0.15, -0.1) is 0 Å². The van der Waals surface area contributed by atoms with Crippen LogP contribution in [0, 0.1) is 5.92 Å². The number of nitrogens with zero attached hydrogens (tertiary/aromatic N) is 2. The molecule has 0 N–H and O–H groups in total. The van der Waals surface area contributed by atoms with E-state index in [1.165, 1.54) is 25.9 Å². The predicted octanol–water partition coefficient (Wildman–Crippen LogP) is -4.10. The van der Waals surface area contributed by atoms with E-state index < -0.39 is 0 Å². The molecule has 0 aliphatic carbocycles. The van der Waals surface area contributed by atoms with Gasteiger partial charge >= 0.3 is 5.97 Å². The Morgan fingerprint density at radius 1 is 1.23 bits per heavy atom. The molecule has 0 radical (unpaired) electrons. The first-order valence-corrected chi connectivity index (χ1v) is 7.93. The van der Waals surface area contributed by atoms with Crippen molar-refractivity contribution in [1.29, 1.82) is 0 Å². The Labute approximate surface area is 171 Å². The number of likely N-dealkylation sites (tertiary alicyclic amines) is 1. The number of ether oxygens (including phenoxy) is 1. The number of hydrogen-bond donors (Lipinski definition) is 0. The largest absolute Gasteiger partial charge is 1.00 e. The monoisotopic (exact) mass is 540 g/mol. The van der Waals surface area contributed by atoms with Crippen molar-refractivity contribution in [3.8, 4) is 0 Å². The van der Waals surface area contributed by atoms with Gasteiger partial charge in [0.1, 0.15) is 12.6 Å². The molecular formula is C16H34I2N2O2. The summed E-state index contributed by atoms with van der Waals surface area (Å²) in [6.07, 6.45) is 3.11. The summed E-state index contributed by atoms with van der Waals surface area (Å²) in [6, 6.07) is 0. The van der Waals surface area contributed by atoms with E-state index in [1.807, 2.05) is 6.92 Å². The van der Waals surface area contributed by atoms with Gasteiger partial charge in [0.15, 0.2) is 0 Å². The van der Waals surface area contributed by atoms with Crippen LogP contribution in [0.5, 0.6) is 0 Å². The van der Waals surface area contributed by atoms with Crippen LogP contribution < -0.4 is 48.0 Å². The summed E-state index contributed by atoms with van der Waals surface area (Å²) < 4.78 is 7.43. The Hall–Kier alpha value is 0.850. The molecule has 0 aromatic heterocycles. The summed E-state index contributed by atoms with van der Waals surface area (Å²) >= 11 is 0. The summed E-state index contributed by atoms with van der Waals surface area (Å²) in [7, 11) is 8.58. The minimum atomic E-state index is -0.0532. The lowest BCUT2D eigenvalue weighted by Gasteiger charge is -2.41. The standard InChI is InChI=1S/C16H34N2O2.2HI/c1-14-7-11-18(6,12-8-14)13-15(2)20-16(19)9-10-17(3,4)5;;/h14-15H,7-13H2,1-6H3;2*1H/q+2;;/p-2. The second-order valence-electron chi connectivity index (χ2n) is 8.00. The fraction of sp³-hybridized carbons (Fsp3) is 0.938. The number of esters is 1. The number of piperidine rings is 1. The lowest BCUT2D eigenvalue weighted by molar-refractivity contribution is -0.917. The molecule has 1 saturated heterocycles. The zero-order valence-corrected chi connectivity index (χ0v) is 19.4. The van der Waals surface area contributed by atoms with Crippen LogP contribution in [0.15, 0.2) is 0 Å². The maximum atomic E-state index is 11.9. The van der Waals surface area contributed by atoms with Gasteiger partial charge < -0.3 is 61.7 Å². The highest BCUT2D eigenvalue weighted by atomic mass is 127. The average Bonchev–Trinajstić information content (AvgIpc) is 2.30. The number of carbonyl (C=O) groups is 1. The van der Waals surface area contributed by atoms with Crippen LogP contribution in [-0.2, 0) is 9.53 Å². The molecule has 1 aliphatic rings. The molecule has 1 heterocycles. The zero-order valence-electron chi connectivity index (χ0n) is 15.1. The minimum Gasteiger partial charge on any atom is -1.00 e. The zero-order chi connectivity index (χ0) is 15.4. The molecule has 134 valence electrons. The minimum absolute atomic E-state index is 0. The molecule has 1 fully saturated rings. The van der Waals surface area contributed by atoms with Crippen molar-refractivity contribution in [1.82, 2.24) is 0 Å². The van der Waals surface area contributed by atoms with Crippen LogP contribution in [0.3, 0.4) is 0 Å². The van der Waals surface area contributed by atoms with Gasteiger partial charge in [0, 0.05) is 0 Å². The van der Waals surface area contributed by atoms with E-state index in [2.05, 4.69) is 35.1 Å². The molecule has 1 atom stereocenters. The number of hydrogen-bond acceptors (Lipinski definition) is 2. The van der Waals surface area contributed by atoms with Gasteiger partial charge in [0.2, 0.25) is 0 Å². The quantitative estimate of drug-likeness (QED) is 0.195. The summed E-state index contributed by atoms with van der Waals surface area (Å²) in [5.41, 5.74) is 0. The van der Waals surface area contributed by atoms with E-state index in [0.717, 1.165) is 28.0 Å². The third kappa shape index (κ3) is 10.6. The van der Waals surface area contributed by atoms with Crippen molar-refractivity contribution in [3.05, 3.63) is 0 Å². The molecule has 22 heavy (non-hydrogen) atoms. The molecule has 0 spiro atoms. The maximum Gasteiger partial charge on any atom is 0.311 e. The Morgan fingerprint density at radius 3 is 2.18 bits per heavy atom. The van der Waals surface area contributed by atoms with Crippen LogP contribution in [0.25, 0.3) is 0 Å². The van der Waals surface area contributed by atoms with Gasteiger partial charge in [-0.1, -0.05) is 6.92 Å². The molecule has 1 unspecified atom stereocenters. The maximum absolute atomic E-state index is 11.9. The number of likely N-dealkylation sites (N-methyl/N-ethyl adjacent to an activating group) is 1. The molecular weight excluding hydrogens is 506 g/mol. The number of halogens is 2. The van der Waals surface area contributed by atoms with Crippen molar-refractivity contribution in [3.63, 3.8) is 0 Å². The Kier molecular flexibility index (Phi) is 12.2. The van der Waals surface area contributed by atoms with Crippen LogP contribution in [-0.4, -0.2) is 75.4 Å². The summed E-state index contributed by atoms with van der Waals surface area (Å²) in [5, 5.41) is 0. The number of rotatable bonds is 6. The number of carbonyl (C=O) groups excluding carboxylic acids is 1. The Balaban J connectivity index is 0. The molecule has 0 aromatic rings. The fourth-order valence-corrected chi connectivity index (χ4v) is 2.87. The Bertz CT molecular complexity index is 325. The molecule has 0 bridgehead atoms. The molecule has 1 rings (SSSR count). The average molecular weight is 540 g/mol. The van der Waals surface area contributed by atoms with Crippen LogP contribution in [0.4, 0.5) is 0 Å². The fourth-order valence-electron chi connectivity index (χ4n) is 2.87. The van der Waals surface area contributed by atoms with Gasteiger partial charge in [0.25, 0.3) is 0 Å². The summed E-state index contributed by atoms with van der Waals surface area (Å²) in [6.45, 7) is 8.56. The van der Waals surface area contributed by atoms with E-state index >= 15 is 0 Å². The predicted molar refractivity (Wildman–Crippen MR) is 82.3 cm³/mol. The normalized spacial score (nSPS) is 26.4. The summed E-state index contributed by atoms with van der Waals surface area (Å²) in [5.74, 6) is 0.797. The third-order valence-electron chi connectivity index (χ3n) is 4.34. The van der Waals surface area contributed by atoms with Gasteiger partial charge in [0.05, 0.1) is 54.2 Å². The van der Waals surface area contributed by atoms with E-state index in [1.54, 1.807) is 0 Å². The number of quaternary nitrogens is 2. The molecule has 4 nitrogen and oxygen atoms in total. The van der Waals surface area contributed by atoms with Crippen molar-refractivity contribution < 1.29 is 66.5 Å². The smallest absolute Gasteiger partial charge is 0.311 e. The summed E-state index contributed by atoms with van der Waals surface area (Å²) in [4.78, 5) is 11.9. The van der Waals surface area contributed by atoms with E-state index in [0.29, 0.717) is 6.42 Å². The van der Waals surface area contributed by atoms with E-state index in [4.69, 9.17) is 4.74 Å². The first-order chi connectivity index (χ1) is 9.10. The van der Waals surface area contributed by atoms with Crippen LogP contribution >= 0.6 is 0 Å². The van der Waals surface area contributed by atoms with E-state index in [9.17, 15) is 4.79 Å². The Morgan fingerprint density at radius 2 is 1.73 bits per heavy atom. The molecule has 0 saturated carbocycles. The van der Waals surface area contributed by atoms with Crippen molar-refractivity contribution in [2.45, 2.75) is 39.2 Å². The molecule has 0 aromatic carbocycles. The highest BCUT2D eigenvalue weighted by Gasteiger charge is 2.30. The molecule has 0 amide bonds. The van der Waals surface area contributed by atoms with Gasteiger partial charge in [-0.05, 0) is 25.7 Å². The highest BCUT2D eigenvalue weighted by Crippen LogP contribution is 2.22. The van der Waals surface area contributed by atoms with Crippen molar-refractivity contribution in [2.24, 2.45) is 5.92 Å². The lowest BCUT2D eigenvalue weighted by atomic mass is 9.97. The lowest BCUT2D eigenvalue weighted by Crippen LogP contribution is -3.00.